The number of amides is 1. The van der Waals surface area contributed by atoms with Gasteiger partial charge in [-0.15, -0.1) is 11.6 Å². The van der Waals surface area contributed by atoms with Gasteiger partial charge in [0, 0.05) is 19.1 Å². The fourth-order valence-corrected chi connectivity index (χ4v) is 2.28. The molecule has 5 nitrogen and oxygen atoms in total. The van der Waals surface area contributed by atoms with Crippen molar-refractivity contribution in [3.63, 3.8) is 0 Å². The molecule has 1 aliphatic heterocycles. The second kappa shape index (κ2) is 6.21. The summed E-state index contributed by atoms with van der Waals surface area (Å²) < 4.78 is 0. The number of nitrogens with zero attached hydrogens (tertiary/aromatic N) is 3. The molecule has 1 aromatic heterocycles. The van der Waals surface area contributed by atoms with Crippen molar-refractivity contribution in [2.45, 2.75) is 12.5 Å². The molecule has 1 N–H and O–H groups in total. The Bertz CT molecular complexity index is 435. The molecule has 0 bridgehead atoms. The highest BCUT2D eigenvalue weighted by Crippen LogP contribution is 2.21. The van der Waals surface area contributed by atoms with Crippen molar-refractivity contribution in [2.24, 2.45) is 0 Å². The number of pyridine rings is 1. The van der Waals surface area contributed by atoms with Gasteiger partial charge in [-0.3, -0.25) is 4.79 Å². The molecular formula is C13H19ClN4O. The normalized spacial score (nSPS) is 18.9. The predicted octanol–water partition coefficient (Wildman–Crippen LogP) is 1.40. The number of aromatic nitrogens is 1. The van der Waals surface area contributed by atoms with Crippen molar-refractivity contribution in [3.05, 3.63) is 18.3 Å². The molecule has 0 saturated carbocycles. The maximum Gasteiger partial charge on any atom is 0.239 e. The fraction of sp³-hybridized carbons (Fsp3) is 0.538. The summed E-state index contributed by atoms with van der Waals surface area (Å²) in [6.07, 6.45) is 2.82. The SMILES string of the molecule is CN(C)[C@@H]1CCN(c2ccc(NC(=O)CCl)cn2)C1. The van der Waals surface area contributed by atoms with Crippen LogP contribution in [0.1, 0.15) is 6.42 Å². The van der Waals surface area contributed by atoms with E-state index in [0.29, 0.717) is 11.7 Å². The smallest absolute Gasteiger partial charge is 0.239 e. The number of rotatable bonds is 4. The summed E-state index contributed by atoms with van der Waals surface area (Å²) in [7, 11) is 4.21. The van der Waals surface area contributed by atoms with Gasteiger partial charge < -0.3 is 15.1 Å². The number of carbonyl (C=O) groups is 1. The van der Waals surface area contributed by atoms with Gasteiger partial charge in [0.05, 0.1) is 11.9 Å². The molecule has 1 fully saturated rings. The van der Waals surface area contributed by atoms with E-state index in [1.165, 1.54) is 0 Å². The summed E-state index contributed by atoms with van der Waals surface area (Å²) in [6, 6.07) is 4.37. The van der Waals surface area contributed by atoms with Gasteiger partial charge in [0.1, 0.15) is 11.7 Å². The third-order valence-electron chi connectivity index (χ3n) is 3.37. The molecule has 104 valence electrons. The van der Waals surface area contributed by atoms with Gasteiger partial charge in [0.25, 0.3) is 0 Å². The van der Waals surface area contributed by atoms with Crippen LogP contribution >= 0.6 is 11.6 Å². The number of hydrogen-bond acceptors (Lipinski definition) is 4. The lowest BCUT2D eigenvalue weighted by Crippen LogP contribution is -2.31. The summed E-state index contributed by atoms with van der Waals surface area (Å²) in [6.45, 7) is 2.01. The van der Waals surface area contributed by atoms with Crippen LogP contribution in [0.4, 0.5) is 11.5 Å². The standard InChI is InChI=1S/C13H19ClN4O/c1-17(2)11-5-6-18(9-11)12-4-3-10(8-15-12)16-13(19)7-14/h3-4,8,11H,5-7,9H2,1-2H3,(H,16,19)/t11-/m1/s1. The van der Waals surface area contributed by atoms with E-state index in [4.69, 9.17) is 11.6 Å². The van der Waals surface area contributed by atoms with Gasteiger partial charge in [-0.1, -0.05) is 0 Å². The molecule has 6 heteroatoms. The third kappa shape index (κ3) is 3.58. The lowest BCUT2D eigenvalue weighted by Gasteiger charge is -2.21. The van der Waals surface area contributed by atoms with Gasteiger partial charge in [-0.05, 0) is 32.6 Å². The second-order valence-electron chi connectivity index (χ2n) is 4.94. The van der Waals surface area contributed by atoms with E-state index in [9.17, 15) is 4.79 Å². The molecule has 1 aromatic rings. The molecule has 0 radical (unpaired) electrons. The largest absolute Gasteiger partial charge is 0.355 e. The molecule has 19 heavy (non-hydrogen) atoms. The average molecular weight is 283 g/mol. The quantitative estimate of drug-likeness (QED) is 0.848. The van der Waals surface area contributed by atoms with E-state index in [1.807, 2.05) is 12.1 Å². The Labute approximate surface area is 118 Å². The average Bonchev–Trinajstić information content (AvgIpc) is 2.89. The Morgan fingerprint density at radius 1 is 1.58 bits per heavy atom. The lowest BCUT2D eigenvalue weighted by atomic mass is 10.2. The Kier molecular flexibility index (Phi) is 4.61. The van der Waals surface area contributed by atoms with Gasteiger partial charge in [-0.25, -0.2) is 4.98 Å². The molecule has 1 aliphatic rings. The highest BCUT2D eigenvalue weighted by atomic mass is 35.5. The van der Waals surface area contributed by atoms with E-state index in [-0.39, 0.29) is 11.8 Å². The monoisotopic (exact) mass is 282 g/mol. The Balaban J connectivity index is 1.97. The number of hydrogen-bond donors (Lipinski definition) is 1. The van der Waals surface area contributed by atoms with Crippen LogP contribution in [0.3, 0.4) is 0 Å². The van der Waals surface area contributed by atoms with Crippen LogP contribution < -0.4 is 10.2 Å². The van der Waals surface area contributed by atoms with Crippen molar-refractivity contribution in [1.29, 1.82) is 0 Å². The van der Waals surface area contributed by atoms with Crippen LogP contribution in [0.15, 0.2) is 18.3 Å². The summed E-state index contributed by atoms with van der Waals surface area (Å²) >= 11 is 5.44. The van der Waals surface area contributed by atoms with Crippen molar-refractivity contribution in [3.8, 4) is 0 Å². The summed E-state index contributed by atoms with van der Waals surface area (Å²) in [4.78, 5) is 20.1. The topological polar surface area (TPSA) is 48.5 Å². The van der Waals surface area contributed by atoms with Crippen LogP contribution in [0.2, 0.25) is 0 Å². The molecule has 0 aromatic carbocycles. The van der Waals surface area contributed by atoms with E-state index in [0.717, 1.165) is 25.3 Å². The van der Waals surface area contributed by atoms with E-state index in [1.54, 1.807) is 6.20 Å². The first-order valence-corrected chi connectivity index (χ1v) is 6.87. The molecular weight excluding hydrogens is 264 g/mol. The summed E-state index contributed by atoms with van der Waals surface area (Å²) in [5.74, 6) is 0.691. The van der Waals surface area contributed by atoms with Crippen LogP contribution in [0.5, 0.6) is 0 Å². The Morgan fingerprint density at radius 3 is 2.89 bits per heavy atom. The van der Waals surface area contributed by atoms with Crippen LogP contribution in [0, 0.1) is 0 Å². The zero-order valence-electron chi connectivity index (χ0n) is 11.3. The number of likely N-dealkylation sites (N-methyl/N-ethyl adjacent to an activating group) is 1. The number of nitrogens with one attached hydrogen (secondary N) is 1. The maximum absolute atomic E-state index is 11.2. The Morgan fingerprint density at radius 2 is 2.37 bits per heavy atom. The van der Waals surface area contributed by atoms with Crippen LogP contribution in [-0.2, 0) is 4.79 Å². The minimum atomic E-state index is -0.218. The number of carbonyl (C=O) groups excluding carboxylic acids is 1. The molecule has 2 rings (SSSR count). The molecule has 0 spiro atoms. The van der Waals surface area contributed by atoms with Crippen molar-refractivity contribution in [2.75, 3.05) is 43.3 Å². The zero-order valence-corrected chi connectivity index (χ0v) is 12.0. The minimum absolute atomic E-state index is 0.0433. The van der Waals surface area contributed by atoms with Crippen LogP contribution in [-0.4, -0.2) is 54.9 Å². The highest BCUT2D eigenvalue weighted by Gasteiger charge is 2.24. The first kappa shape index (κ1) is 14.1. The van der Waals surface area contributed by atoms with E-state index < -0.39 is 0 Å². The number of anilines is 2. The predicted molar refractivity (Wildman–Crippen MR) is 77.9 cm³/mol. The Hall–Kier alpha value is -1.33. The third-order valence-corrected chi connectivity index (χ3v) is 3.61. The van der Waals surface area contributed by atoms with Crippen molar-refractivity contribution in [1.82, 2.24) is 9.88 Å². The highest BCUT2D eigenvalue weighted by molar-refractivity contribution is 6.29. The van der Waals surface area contributed by atoms with Gasteiger partial charge in [0.2, 0.25) is 5.91 Å². The number of halogens is 1. The molecule has 0 unspecified atom stereocenters. The van der Waals surface area contributed by atoms with E-state index >= 15 is 0 Å². The maximum atomic E-state index is 11.2. The van der Waals surface area contributed by atoms with Crippen molar-refractivity contribution < 1.29 is 4.79 Å². The van der Waals surface area contributed by atoms with Crippen LogP contribution in [0.25, 0.3) is 0 Å². The fourth-order valence-electron chi connectivity index (χ4n) is 2.21. The minimum Gasteiger partial charge on any atom is -0.355 e. The molecule has 1 saturated heterocycles. The second-order valence-corrected chi connectivity index (χ2v) is 5.21. The zero-order chi connectivity index (χ0) is 13.8. The lowest BCUT2D eigenvalue weighted by molar-refractivity contribution is -0.113. The first-order valence-electron chi connectivity index (χ1n) is 6.33. The van der Waals surface area contributed by atoms with Gasteiger partial charge in [0.15, 0.2) is 0 Å². The molecule has 0 aliphatic carbocycles. The summed E-state index contributed by atoms with van der Waals surface area (Å²) in [5, 5.41) is 2.68. The molecule has 1 amide bonds. The van der Waals surface area contributed by atoms with Crippen molar-refractivity contribution >= 4 is 29.0 Å². The summed E-state index contributed by atoms with van der Waals surface area (Å²) in [5.41, 5.74) is 0.678. The number of alkyl halides is 1. The van der Waals surface area contributed by atoms with Gasteiger partial charge >= 0.3 is 0 Å². The molecule has 1 atom stereocenters. The molecule has 2 heterocycles. The van der Waals surface area contributed by atoms with E-state index in [2.05, 4.69) is 34.2 Å². The first-order chi connectivity index (χ1) is 9.10. The van der Waals surface area contributed by atoms with Gasteiger partial charge in [-0.2, -0.15) is 0 Å².